The number of hydrogen-bond donors (Lipinski definition) is 0. The van der Waals surface area contributed by atoms with Crippen LogP contribution in [0.15, 0.2) is 52.9 Å². The van der Waals surface area contributed by atoms with Crippen molar-refractivity contribution in [2.45, 2.75) is 70.3 Å². The minimum absolute atomic E-state index is 0.00188. The second-order valence-electron chi connectivity index (χ2n) is 10.7. The molecular formula is C30H36N2O4. The summed E-state index contributed by atoms with van der Waals surface area (Å²) in [5.41, 5.74) is 2.52. The summed E-state index contributed by atoms with van der Waals surface area (Å²) < 4.78 is 18.6. The monoisotopic (exact) mass is 488 g/mol. The van der Waals surface area contributed by atoms with Gasteiger partial charge in [-0.25, -0.2) is 0 Å². The van der Waals surface area contributed by atoms with Gasteiger partial charge in [-0.15, -0.1) is 0 Å². The van der Waals surface area contributed by atoms with Crippen LogP contribution in [0.1, 0.15) is 56.5 Å². The lowest BCUT2D eigenvalue weighted by atomic mass is 9.90. The molecular weight excluding hydrogens is 452 g/mol. The maximum atomic E-state index is 13.7. The number of carbonyl (C=O) groups is 1. The Hall–Kier alpha value is -2.83. The van der Waals surface area contributed by atoms with Crippen LogP contribution in [-0.2, 0) is 4.74 Å². The van der Waals surface area contributed by atoms with Crippen LogP contribution in [0.2, 0.25) is 0 Å². The van der Waals surface area contributed by atoms with Crippen LogP contribution in [0.3, 0.4) is 0 Å². The molecule has 1 saturated carbocycles. The van der Waals surface area contributed by atoms with Crippen LogP contribution in [0.5, 0.6) is 5.75 Å². The lowest BCUT2D eigenvalue weighted by Gasteiger charge is -2.41. The van der Waals surface area contributed by atoms with Gasteiger partial charge in [0.15, 0.2) is 0 Å². The first-order valence-corrected chi connectivity index (χ1v) is 13.5. The predicted molar refractivity (Wildman–Crippen MR) is 140 cm³/mol. The summed E-state index contributed by atoms with van der Waals surface area (Å²) in [5, 5.41) is 0.936. The van der Waals surface area contributed by atoms with Gasteiger partial charge in [0, 0.05) is 49.2 Å². The second-order valence-corrected chi connectivity index (χ2v) is 10.7. The Morgan fingerprint density at radius 3 is 2.33 bits per heavy atom. The molecule has 0 radical (unpaired) electrons. The van der Waals surface area contributed by atoms with Gasteiger partial charge in [-0.3, -0.25) is 4.79 Å². The highest BCUT2D eigenvalue weighted by Gasteiger charge is 2.32. The molecule has 6 rings (SSSR count). The van der Waals surface area contributed by atoms with Crippen molar-refractivity contribution < 1.29 is 18.7 Å². The summed E-state index contributed by atoms with van der Waals surface area (Å²) in [6, 6.07) is 16.9. The number of hydrogen-bond acceptors (Lipinski definition) is 5. The van der Waals surface area contributed by atoms with Crippen LogP contribution < -0.4 is 4.74 Å². The third kappa shape index (κ3) is 4.64. The molecule has 3 fully saturated rings. The molecule has 6 heteroatoms. The Kier molecular flexibility index (Phi) is 6.48. The van der Waals surface area contributed by atoms with E-state index in [1.807, 2.05) is 67.3 Å². The Bertz CT molecular complexity index is 1200. The molecule has 1 aromatic heterocycles. The quantitative estimate of drug-likeness (QED) is 0.458. The van der Waals surface area contributed by atoms with Crippen LogP contribution in [0.4, 0.5) is 0 Å². The number of nitrogens with zero attached hydrogens (tertiary/aromatic N) is 2. The van der Waals surface area contributed by atoms with E-state index in [2.05, 4.69) is 4.90 Å². The number of amides is 1. The van der Waals surface area contributed by atoms with Crippen LogP contribution in [-0.4, -0.2) is 66.2 Å². The second kappa shape index (κ2) is 9.91. The fourth-order valence-electron chi connectivity index (χ4n) is 5.98. The third-order valence-electron chi connectivity index (χ3n) is 8.00. The molecule has 0 unspecified atom stereocenters. The molecule has 1 amide bonds. The lowest BCUT2D eigenvalue weighted by Crippen LogP contribution is -2.48. The molecule has 1 aliphatic carbocycles. The molecule has 3 heterocycles. The number of likely N-dealkylation sites (tertiary alicyclic amines) is 1. The van der Waals surface area contributed by atoms with E-state index in [1.54, 1.807) is 0 Å². The smallest absolute Gasteiger partial charge is 0.290 e. The van der Waals surface area contributed by atoms with Gasteiger partial charge in [0.2, 0.25) is 5.76 Å². The van der Waals surface area contributed by atoms with E-state index < -0.39 is 0 Å². The van der Waals surface area contributed by atoms with Crippen molar-refractivity contribution in [2.75, 3.05) is 26.2 Å². The maximum Gasteiger partial charge on any atom is 0.290 e. The van der Waals surface area contributed by atoms with Gasteiger partial charge in [-0.1, -0.05) is 36.8 Å². The number of ether oxygens (including phenoxy) is 2. The first kappa shape index (κ1) is 23.6. The molecule has 3 aromatic rings. The fourth-order valence-corrected chi connectivity index (χ4v) is 5.98. The minimum atomic E-state index is -0.0853. The molecule has 2 aliphatic heterocycles. The molecule has 0 spiro atoms. The predicted octanol–water partition coefficient (Wildman–Crippen LogP) is 5.74. The summed E-state index contributed by atoms with van der Waals surface area (Å²) in [6.07, 6.45) is 6.42. The standard InChI is InChI=1S/C30H36N2O4/c1-20-18-32(19-21(2)34-20)30(33)29-28(22-7-4-3-5-8-22)26-12-11-25(17-27(26)36-29)35-24-13-15-31(16-14-24)23-9-6-10-23/h3-5,7-8,11-12,17,20-21,23-24H,6,9-10,13-16,18-19H2,1-2H3/t20-,21+. The van der Waals surface area contributed by atoms with Gasteiger partial charge in [-0.2, -0.15) is 0 Å². The molecule has 3 aliphatic rings. The summed E-state index contributed by atoms with van der Waals surface area (Å²) in [6.45, 7) is 7.36. The van der Waals surface area contributed by atoms with Crippen LogP contribution in [0, 0.1) is 0 Å². The average molecular weight is 489 g/mol. The Labute approximate surface area is 213 Å². The molecule has 2 atom stereocenters. The highest BCUT2D eigenvalue weighted by Crippen LogP contribution is 2.38. The number of fused-ring (bicyclic) bond motifs is 1. The number of rotatable bonds is 5. The Balaban J connectivity index is 1.27. The van der Waals surface area contributed by atoms with Crippen molar-refractivity contribution in [3.63, 3.8) is 0 Å². The Morgan fingerprint density at radius 2 is 1.67 bits per heavy atom. The molecule has 36 heavy (non-hydrogen) atoms. The number of carbonyl (C=O) groups excluding carboxylic acids is 1. The van der Waals surface area contributed by atoms with E-state index >= 15 is 0 Å². The number of furan rings is 1. The van der Waals surface area contributed by atoms with E-state index in [4.69, 9.17) is 13.9 Å². The molecule has 0 bridgehead atoms. The van der Waals surface area contributed by atoms with Gasteiger partial charge in [0.25, 0.3) is 5.91 Å². The molecule has 190 valence electrons. The van der Waals surface area contributed by atoms with E-state index in [1.165, 1.54) is 19.3 Å². The SMILES string of the molecule is C[C@@H]1CN(C(=O)c2oc3cc(OC4CCN(C5CCC5)CC4)ccc3c2-c2ccccc2)C[C@H](C)O1. The summed E-state index contributed by atoms with van der Waals surface area (Å²) >= 11 is 0. The summed E-state index contributed by atoms with van der Waals surface area (Å²) in [7, 11) is 0. The Morgan fingerprint density at radius 1 is 0.944 bits per heavy atom. The number of morpholine rings is 1. The maximum absolute atomic E-state index is 13.7. The number of piperidine rings is 1. The van der Waals surface area contributed by atoms with Crippen LogP contribution >= 0.6 is 0 Å². The van der Waals surface area contributed by atoms with Crippen molar-refractivity contribution >= 4 is 16.9 Å². The number of benzene rings is 2. The zero-order valence-electron chi connectivity index (χ0n) is 21.3. The zero-order valence-corrected chi connectivity index (χ0v) is 21.3. The van der Waals surface area contributed by atoms with E-state index in [9.17, 15) is 4.79 Å². The topological polar surface area (TPSA) is 55.2 Å². The van der Waals surface area contributed by atoms with Gasteiger partial charge in [-0.05, 0) is 57.2 Å². The van der Waals surface area contributed by atoms with Crippen LogP contribution in [0.25, 0.3) is 22.1 Å². The minimum Gasteiger partial charge on any atom is -0.490 e. The molecule has 6 nitrogen and oxygen atoms in total. The van der Waals surface area contributed by atoms with Gasteiger partial charge < -0.3 is 23.7 Å². The van der Waals surface area contributed by atoms with E-state index in [0.29, 0.717) is 24.4 Å². The lowest BCUT2D eigenvalue weighted by molar-refractivity contribution is -0.0591. The highest BCUT2D eigenvalue weighted by atomic mass is 16.5. The normalized spacial score (nSPS) is 24.1. The van der Waals surface area contributed by atoms with E-state index in [-0.39, 0.29) is 24.2 Å². The van der Waals surface area contributed by atoms with Crippen molar-refractivity contribution in [1.82, 2.24) is 9.80 Å². The summed E-state index contributed by atoms with van der Waals surface area (Å²) in [4.78, 5) is 18.2. The first-order valence-electron chi connectivity index (χ1n) is 13.5. The average Bonchev–Trinajstić information content (AvgIpc) is 3.22. The van der Waals surface area contributed by atoms with Gasteiger partial charge in [0.1, 0.15) is 17.4 Å². The molecule has 0 N–H and O–H groups in total. The molecule has 2 aromatic carbocycles. The fraction of sp³-hybridized carbons (Fsp3) is 0.500. The zero-order chi connectivity index (χ0) is 24.6. The van der Waals surface area contributed by atoms with Gasteiger partial charge >= 0.3 is 0 Å². The highest BCUT2D eigenvalue weighted by molar-refractivity contribution is 6.08. The van der Waals surface area contributed by atoms with Gasteiger partial charge in [0.05, 0.1) is 12.2 Å². The summed E-state index contributed by atoms with van der Waals surface area (Å²) in [5.74, 6) is 1.12. The van der Waals surface area contributed by atoms with Crippen molar-refractivity contribution in [1.29, 1.82) is 0 Å². The first-order chi connectivity index (χ1) is 17.5. The third-order valence-corrected chi connectivity index (χ3v) is 8.00. The van der Waals surface area contributed by atoms with Crippen molar-refractivity contribution in [2.24, 2.45) is 0 Å². The van der Waals surface area contributed by atoms with Crippen molar-refractivity contribution in [3.8, 4) is 16.9 Å². The molecule has 2 saturated heterocycles. The van der Waals surface area contributed by atoms with E-state index in [0.717, 1.165) is 54.2 Å². The largest absolute Gasteiger partial charge is 0.490 e. The van der Waals surface area contributed by atoms with Crippen molar-refractivity contribution in [3.05, 3.63) is 54.3 Å².